The minimum absolute atomic E-state index is 0.504. The van der Waals surface area contributed by atoms with Crippen LogP contribution >= 0.6 is 0 Å². The third-order valence-corrected chi connectivity index (χ3v) is 9.64. The minimum atomic E-state index is 0.504. The van der Waals surface area contributed by atoms with Crippen LogP contribution in [0.4, 0.5) is 0 Å². The van der Waals surface area contributed by atoms with Gasteiger partial charge in [-0.25, -0.2) is 0 Å². The topological polar surface area (TPSA) is 81.2 Å². The quantitative estimate of drug-likeness (QED) is 0.193. The fourth-order valence-corrected chi connectivity index (χ4v) is 7.45. The third-order valence-electron chi connectivity index (χ3n) is 9.64. The zero-order chi connectivity index (χ0) is 33.8. The van der Waals surface area contributed by atoms with Gasteiger partial charge in [-0.05, 0) is 83.4 Å². The van der Waals surface area contributed by atoms with Gasteiger partial charge < -0.3 is 9.13 Å². The molecule has 50 heavy (non-hydrogen) atoms. The van der Waals surface area contributed by atoms with Crippen LogP contribution in [0.25, 0.3) is 77.2 Å². The number of nitrogens with zero attached hydrogens (tertiary/aromatic N) is 5. The molecule has 0 N–H and O–H groups in total. The van der Waals surface area contributed by atoms with E-state index < -0.39 is 0 Å². The maximum absolute atomic E-state index is 10.5. The number of para-hydroxylation sites is 4. The van der Waals surface area contributed by atoms with E-state index in [1.165, 1.54) is 10.8 Å². The number of rotatable bonds is 4. The van der Waals surface area contributed by atoms with Gasteiger partial charge in [-0.2, -0.15) is 15.8 Å². The smallest absolute Gasteiger partial charge is 0.101 e. The van der Waals surface area contributed by atoms with Gasteiger partial charge in [0.25, 0.3) is 0 Å². The minimum Gasteiger partial charge on any atom is -0.309 e. The highest BCUT2D eigenvalue weighted by atomic mass is 15.0. The molecule has 2 aromatic heterocycles. The molecule has 9 aromatic rings. The lowest BCUT2D eigenvalue weighted by molar-refractivity contribution is 1.17. The van der Waals surface area contributed by atoms with Crippen LogP contribution in [-0.2, 0) is 0 Å². The molecule has 0 bridgehead atoms. The summed E-state index contributed by atoms with van der Waals surface area (Å²) < 4.78 is 4.41. The normalized spacial score (nSPS) is 11.1. The summed E-state index contributed by atoms with van der Waals surface area (Å²) in [6.07, 6.45) is 0. The number of hydrogen-bond donors (Lipinski definition) is 0. The van der Waals surface area contributed by atoms with Crippen molar-refractivity contribution in [3.05, 3.63) is 168 Å². The number of nitriles is 3. The van der Waals surface area contributed by atoms with Gasteiger partial charge >= 0.3 is 0 Å². The molecule has 0 aliphatic heterocycles. The Kier molecular flexibility index (Phi) is 6.56. The fourth-order valence-electron chi connectivity index (χ4n) is 7.45. The Balaban J connectivity index is 1.27. The lowest BCUT2D eigenvalue weighted by Crippen LogP contribution is -2.02. The van der Waals surface area contributed by atoms with E-state index in [-0.39, 0.29) is 0 Å². The predicted molar refractivity (Wildman–Crippen MR) is 200 cm³/mol. The molecule has 0 saturated heterocycles. The van der Waals surface area contributed by atoms with E-state index in [1.54, 1.807) is 0 Å². The number of hydrogen-bond acceptors (Lipinski definition) is 3. The number of benzene rings is 7. The van der Waals surface area contributed by atoms with Gasteiger partial charge in [-0.15, -0.1) is 0 Å². The van der Waals surface area contributed by atoms with Gasteiger partial charge in [0.2, 0.25) is 0 Å². The van der Waals surface area contributed by atoms with Crippen molar-refractivity contribution >= 4 is 43.6 Å². The first kappa shape index (κ1) is 28.8. The summed E-state index contributed by atoms with van der Waals surface area (Å²) in [5, 5.41) is 34.6. The molecular weight excluding hydrogens is 611 g/mol. The van der Waals surface area contributed by atoms with Crippen LogP contribution < -0.4 is 0 Å². The van der Waals surface area contributed by atoms with Gasteiger partial charge in [-0.3, -0.25) is 0 Å². The zero-order valence-electron chi connectivity index (χ0n) is 26.7. The average Bonchev–Trinajstić information content (AvgIpc) is 3.70. The van der Waals surface area contributed by atoms with Crippen LogP contribution in [-0.4, -0.2) is 9.13 Å². The average molecular weight is 636 g/mol. The summed E-state index contributed by atoms with van der Waals surface area (Å²) in [5.41, 5.74) is 11.1. The first-order chi connectivity index (χ1) is 24.7. The Morgan fingerprint density at radius 2 is 0.940 bits per heavy atom. The lowest BCUT2D eigenvalue weighted by atomic mass is 9.90. The number of fused-ring (bicyclic) bond motifs is 6. The van der Waals surface area contributed by atoms with Crippen molar-refractivity contribution < 1.29 is 0 Å². The van der Waals surface area contributed by atoms with Crippen LogP contribution in [0.1, 0.15) is 16.7 Å². The summed E-state index contributed by atoms with van der Waals surface area (Å²) in [6.45, 7) is 0. The largest absolute Gasteiger partial charge is 0.309 e. The first-order valence-corrected chi connectivity index (χ1v) is 16.3. The van der Waals surface area contributed by atoms with Crippen molar-refractivity contribution in [2.24, 2.45) is 0 Å². The Bertz CT molecular complexity index is 2900. The molecule has 7 aromatic carbocycles. The van der Waals surface area contributed by atoms with Gasteiger partial charge in [0.05, 0.1) is 56.6 Å². The highest BCUT2D eigenvalue weighted by Crippen LogP contribution is 2.42. The van der Waals surface area contributed by atoms with Gasteiger partial charge in [-0.1, -0.05) is 84.9 Å². The molecule has 0 radical (unpaired) electrons. The van der Waals surface area contributed by atoms with E-state index in [1.807, 2.05) is 78.9 Å². The van der Waals surface area contributed by atoms with Crippen molar-refractivity contribution in [2.45, 2.75) is 0 Å². The molecule has 0 aliphatic carbocycles. The summed E-state index contributed by atoms with van der Waals surface area (Å²) >= 11 is 0. The van der Waals surface area contributed by atoms with E-state index in [9.17, 15) is 15.8 Å². The summed E-state index contributed by atoms with van der Waals surface area (Å²) in [7, 11) is 0. The van der Waals surface area contributed by atoms with E-state index in [0.29, 0.717) is 16.7 Å². The zero-order valence-corrected chi connectivity index (χ0v) is 26.7. The molecular formula is C45H25N5. The van der Waals surface area contributed by atoms with Crippen LogP contribution in [0.3, 0.4) is 0 Å². The molecule has 9 rings (SSSR count). The Hall–Kier alpha value is -7.39. The predicted octanol–water partition coefficient (Wildman–Crippen LogP) is 10.8. The van der Waals surface area contributed by atoms with Crippen LogP contribution in [0.2, 0.25) is 0 Å². The molecule has 0 unspecified atom stereocenters. The molecule has 0 amide bonds. The highest BCUT2D eigenvalue weighted by molar-refractivity contribution is 6.11. The Morgan fingerprint density at radius 1 is 0.380 bits per heavy atom. The standard InChI is InChI=1S/C45H25N5/c46-26-29-16-22-34(31-18-20-33(21-19-31)49-41-13-4-1-9-35(41)36-10-2-5-14-42(36)49)39(24-29)38-12-7-8-32(28-48)45(38)50-43-15-6-3-11-37(43)40-25-30(27-47)17-23-44(40)50/h1-25H. The number of aromatic nitrogens is 2. The van der Waals surface area contributed by atoms with Crippen molar-refractivity contribution in [1.82, 2.24) is 9.13 Å². The molecule has 230 valence electrons. The highest BCUT2D eigenvalue weighted by Gasteiger charge is 2.21. The molecule has 0 spiro atoms. The summed E-state index contributed by atoms with van der Waals surface area (Å²) in [4.78, 5) is 0. The molecule has 0 atom stereocenters. The maximum atomic E-state index is 10.5. The van der Waals surface area contributed by atoms with Crippen molar-refractivity contribution in [2.75, 3.05) is 0 Å². The molecule has 0 saturated carbocycles. The van der Waals surface area contributed by atoms with E-state index in [4.69, 9.17) is 0 Å². The summed E-state index contributed by atoms with van der Waals surface area (Å²) in [5.74, 6) is 0. The molecule has 0 fully saturated rings. The van der Waals surface area contributed by atoms with Gasteiger partial charge in [0.1, 0.15) is 6.07 Å². The molecule has 5 nitrogen and oxygen atoms in total. The van der Waals surface area contributed by atoms with Crippen LogP contribution in [0.5, 0.6) is 0 Å². The second kappa shape index (κ2) is 11.4. The third kappa shape index (κ3) is 4.31. The SMILES string of the molecule is N#Cc1ccc(-c2ccc(-n3c4ccccc4c4ccccc43)cc2)c(-c2cccc(C#N)c2-n2c3ccccc3c3cc(C#N)ccc32)c1. The van der Waals surface area contributed by atoms with Gasteiger partial charge in [0.15, 0.2) is 0 Å². The lowest BCUT2D eigenvalue weighted by Gasteiger charge is -2.19. The van der Waals surface area contributed by atoms with E-state index in [0.717, 1.165) is 66.5 Å². The van der Waals surface area contributed by atoms with E-state index in [2.05, 4.69) is 100 Å². The Morgan fingerprint density at radius 3 is 1.58 bits per heavy atom. The second-order valence-electron chi connectivity index (χ2n) is 12.3. The van der Waals surface area contributed by atoms with Crippen molar-refractivity contribution in [3.8, 4) is 51.8 Å². The fraction of sp³-hybridized carbons (Fsp3) is 0. The van der Waals surface area contributed by atoms with Crippen LogP contribution in [0.15, 0.2) is 152 Å². The monoisotopic (exact) mass is 635 g/mol. The van der Waals surface area contributed by atoms with Crippen molar-refractivity contribution in [1.29, 1.82) is 15.8 Å². The Labute approximate surface area is 287 Å². The summed E-state index contributed by atoms with van der Waals surface area (Å²) in [6, 6.07) is 57.7. The van der Waals surface area contributed by atoms with Crippen LogP contribution in [0, 0.1) is 34.0 Å². The van der Waals surface area contributed by atoms with E-state index >= 15 is 0 Å². The molecule has 5 heteroatoms. The van der Waals surface area contributed by atoms with Crippen molar-refractivity contribution in [3.63, 3.8) is 0 Å². The molecule has 0 aliphatic rings. The van der Waals surface area contributed by atoms with Gasteiger partial charge in [0, 0.05) is 32.8 Å². The molecule has 2 heterocycles. The first-order valence-electron chi connectivity index (χ1n) is 16.3. The maximum Gasteiger partial charge on any atom is 0.101 e. The second-order valence-corrected chi connectivity index (χ2v) is 12.3.